The Labute approximate surface area is 171 Å². The lowest BCUT2D eigenvalue weighted by molar-refractivity contribution is -0.198. The van der Waals surface area contributed by atoms with Gasteiger partial charge in [0.1, 0.15) is 17.5 Å². The monoisotopic (exact) mass is 471 g/mol. The van der Waals surface area contributed by atoms with Crippen molar-refractivity contribution in [2.24, 2.45) is 0 Å². The summed E-state index contributed by atoms with van der Waals surface area (Å²) in [5, 5.41) is 10.0. The number of likely N-dealkylation sites (tertiary alicyclic amines) is 1. The molecule has 0 N–H and O–H groups in total. The summed E-state index contributed by atoms with van der Waals surface area (Å²) in [7, 11) is 0. The minimum Gasteiger partial charge on any atom is -0.479 e. The molecule has 4 rings (SSSR count). The number of amides is 1. The highest BCUT2D eigenvalue weighted by molar-refractivity contribution is 9.08. The third-order valence-electron chi connectivity index (χ3n) is 5.28. The van der Waals surface area contributed by atoms with Gasteiger partial charge in [-0.2, -0.15) is 18.4 Å². The maximum Gasteiger partial charge on any atom is 0.471 e. The molecule has 152 valence electrons. The molecule has 3 heterocycles. The van der Waals surface area contributed by atoms with Gasteiger partial charge in [0.2, 0.25) is 0 Å². The molecule has 1 fully saturated rings. The fraction of sp³-hybridized carbons (Fsp3) is 0.368. The summed E-state index contributed by atoms with van der Waals surface area (Å²) < 4.78 is 60.9. The van der Waals surface area contributed by atoms with E-state index in [1.165, 1.54) is 0 Å². The summed E-state index contributed by atoms with van der Waals surface area (Å²) in [6.07, 6.45) is -7.83. The van der Waals surface area contributed by atoms with E-state index >= 15 is 0 Å². The number of aromatic nitrogens is 1. The van der Waals surface area contributed by atoms with Crippen molar-refractivity contribution in [1.29, 1.82) is 5.26 Å². The Morgan fingerprint density at radius 2 is 2.10 bits per heavy atom. The standard InChI is InChI=1S/C19H14BrF4N3O2/c20-9-11-1-3-13-14(7-11)29-18(15-4-2-12(10-25)27(13)15)5-6-26(16(21)8-18)17(28)19(22,23)24/h1-4,7,16H,5-6,8-9H2. The van der Waals surface area contributed by atoms with E-state index in [2.05, 4.69) is 22.0 Å². The number of fused-ring (bicyclic) bond motifs is 4. The van der Waals surface area contributed by atoms with Gasteiger partial charge < -0.3 is 9.64 Å². The summed E-state index contributed by atoms with van der Waals surface area (Å²) in [5.41, 5.74) is 0.986. The predicted octanol–water partition coefficient (Wildman–Crippen LogP) is 4.31. The molecular formula is C19H14BrF4N3O2. The normalized spacial score (nSPS) is 23.2. The van der Waals surface area contributed by atoms with Crippen LogP contribution in [0.25, 0.3) is 5.69 Å². The van der Waals surface area contributed by atoms with Crippen LogP contribution in [0.5, 0.6) is 5.75 Å². The molecular weight excluding hydrogens is 458 g/mol. The van der Waals surface area contributed by atoms with Crippen LogP contribution in [0.4, 0.5) is 17.6 Å². The second kappa shape index (κ2) is 6.76. The van der Waals surface area contributed by atoms with Gasteiger partial charge in [-0.25, -0.2) is 4.39 Å². The minimum absolute atomic E-state index is 0.0396. The van der Waals surface area contributed by atoms with Crippen molar-refractivity contribution in [1.82, 2.24) is 9.47 Å². The topological polar surface area (TPSA) is 58.3 Å². The molecule has 0 aliphatic carbocycles. The van der Waals surface area contributed by atoms with E-state index in [9.17, 15) is 27.6 Å². The van der Waals surface area contributed by atoms with Gasteiger partial charge in [-0.3, -0.25) is 9.36 Å². The first-order valence-corrected chi connectivity index (χ1v) is 9.85. The molecule has 1 aromatic carbocycles. The van der Waals surface area contributed by atoms with Crippen LogP contribution in [0, 0.1) is 11.3 Å². The molecule has 2 aliphatic heterocycles. The fourth-order valence-corrected chi connectivity index (χ4v) is 4.30. The second-order valence-electron chi connectivity index (χ2n) is 6.97. The molecule has 1 saturated heterocycles. The Balaban J connectivity index is 1.77. The van der Waals surface area contributed by atoms with Crippen LogP contribution < -0.4 is 4.74 Å². The molecule has 0 radical (unpaired) electrons. The summed E-state index contributed by atoms with van der Waals surface area (Å²) in [5.74, 6) is -1.80. The zero-order valence-electron chi connectivity index (χ0n) is 14.8. The highest BCUT2D eigenvalue weighted by atomic mass is 79.9. The molecule has 29 heavy (non-hydrogen) atoms. The maximum absolute atomic E-state index is 14.8. The van der Waals surface area contributed by atoms with Gasteiger partial charge in [0.15, 0.2) is 11.9 Å². The van der Waals surface area contributed by atoms with Crippen LogP contribution >= 0.6 is 15.9 Å². The lowest BCUT2D eigenvalue weighted by Crippen LogP contribution is -2.56. The number of rotatable bonds is 1. The summed E-state index contributed by atoms with van der Waals surface area (Å²) in [6, 6.07) is 10.6. The van der Waals surface area contributed by atoms with Crippen LogP contribution in [0.15, 0.2) is 30.3 Å². The summed E-state index contributed by atoms with van der Waals surface area (Å²) in [4.78, 5) is 11.7. The second-order valence-corrected chi connectivity index (χ2v) is 7.53. The molecule has 2 aliphatic rings. The lowest BCUT2D eigenvalue weighted by Gasteiger charge is -2.46. The highest BCUT2D eigenvalue weighted by Crippen LogP contribution is 2.48. The molecule has 2 unspecified atom stereocenters. The van der Waals surface area contributed by atoms with E-state index in [0.717, 1.165) is 5.56 Å². The van der Waals surface area contributed by atoms with Gasteiger partial charge in [0.25, 0.3) is 0 Å². The third-order valence-corrected chi connectivity index (χ3v) is 5.93. The highest BCUT2D eigenvalue weighted by Gasteiger charge is 2.53. The van der Waals surface area contributed by atoms with Crippen LogP contribution in [0.2, 0.25) is 0 Å². The Bertz CT molecular complexity index is 1030. The third kappa shape index (κ3) is 3.08. The van der Waals surface area contributed by atoms with Gasteiger partial charge in [0.05, 0.1) is 11.4 Å². The number of piperidine rings is 1. The smallest absolute Gasteiger partial charge is 0.471 e. The molecule has 5 nitrogen and oxygen atoms in total. The number of hydrogen-bond acceptors (Lipinski definition) is 3. The number of carbonyl (C=O) groups is 1. The Morgan fingerprint density at radius 1 is 1.34 bits per heavy atom. The molecule has 1 spiro atoms. The number of hydrogen-bond donors (Lipinski definition) is 0. The van der Waals surface area contributed by atoms with E-state index in [-0.39, 0.29) is 11.3 Å². The van der Waals surface area contributed by atoms with Crippen molar-refractivity contribution in [2.75, 3.05) is 6.54 Å². The van der Waals surface area contributed by atoms with Crippen LogP contribution in [-0.4, -0.2) is 34.4 Å². The first-order valence-electron chi connectivity index (χ1n) is 8.72. The van der Waals surface area contributed by atoms with Crippen LogP contribution in [0.3, 0.4) is 0 Å². The zero-order valence-corrected chi connectivity index (χ0v) is 16.4. The van der Waals surface area contributed by atoms with E-state index in [1.54, 1.807) is 28.8 Å². The fourth-order valence-electron chi connectivity index (χ4n) is 3.95. The SMILES string of the molecule is N#Cc1ccc2n1-c1ccc(CBr)cc1OC21CCN(C(=O)C(F)(F)F)C(F)C1. The number of carbonyl (C=O) groups excluding carboxylic acids is 1. The first kappa shape index (κ1) is 19.8. The zero-order chi connectivity index (χ0) is 21.0. The van der Waals surface area contributed by atoms with Gasteiger partial charge >= 0.3 is 12.1 Å². The maximum atomic E-state index is 14.8. The minimum atomic E-state index is -5.15. The number of nitriles is 1. The van der Waals surface area contributed by atoms with E-state index in [1.807, 2.05) is 6.07 Å². The number of benzene rings is 1. The van der Waals surface area contributed by atoms with E-state index in [0.29, 0.717) is 28.2 Å². The molecule has 2 aromatic rings. The quantitative estimate of drug-likeness (QED) is 0.353. The Kier molecular flexibility index (Phi) is 4.61. The van der Waals surface area contributed by atoms with Crippen molar-refractivity contribution in [3.8, 4) is 17.5 Å². The van der Waals surface area contributed by atoms with Crippen molar-refractivity contribution >= 4 is 21.8 Å². The summed E-state index contributed by atoms with van der Waals surface area (Å²) in [6.45, 7) is -0.458. The van der Waals surface area contributed by atoms with Crippen molar-refractivity contribution < 1.29 is 27.1 Å². The molecule has 0 bridgehead atoms. The van der Waals surface area contributed by atoms with Gasteiger partial charge in [0, 0.05) is 24.7 Å². The van der Waals surface area contributed by atoms with Crippen molar-refractivity contribution in [3.63, 3.8) is 0 Å². The molecule has 1 aromatic heterocycles. The van der Waals surface area contributed by atoms with Gasteiger partial charge in [-0.05, 0) is 29.8 Å². The molecule has 2 atom stereocenters. The molecule has 10 heteroatoms. The lowest BCUT2D eigenvalue weighted by atomic mass is 9.85. The van der Waals surface area contributed by atoms with E-state index < -0.39 is 36.9 Å². The number of alkyl halides is 5. The van der Waals surface area contributed by atoms with Crippen molar-refractivity contribution in [3.05, 3.63) is 47.3 Å². The van der Waals surface area contributed by atoms with Crippen LogP contribution in [-0.2, 0) is 15.7 Å². The Hall–Kier alpha value is -2.54. The Morgan fingerprint density at radius 3 is 2.72 bits per heavy atom. The largest absolute Gasteiger partial charge is 0.479 e. The van der Waals surface area contributed by atoms with Crippen molar-refractivity contribution in [2.45, 2.75) is 36.2 Å². The number of ether oxygens (including phenoxy) is 1. The average Bonchev–Trinajstić information content (AvgIpc) is 3.12. The number of halogens is 5. The van der Waals surface area contributed by atoms with Gasteiger partial charge in [-0.15, -0.1) is 0 Å². The first-order chi connectivity index (χ1) is 13.7. The average molecular weight is 472 g/mol. The molecule has 1 amide bonds. The summed E-state index contributed by atoms with van der Waals surface area (Å²) >= 11 is 3.35. The van der Waals surface area contributed by atoms with Gasteiger partial charge in [-0.1, -0.05) is 22.0 Å². The predicted molar refractivity (Wildman–Crippen MR) is 97.3 cm³/mol. The van der Waals surface area contributed by atoms with Crippen LogP contribution in [0.1, 0.15) is 29.8 Å². The molecule has 0 saturated carbocycles. The number of nitrogens with zero attached hydrogens (tertiary/aromatic N) is 3. The van der Waals surface area contributed by atoms with E-state index in [4.69, 9.17) is 4.74 Å².